The van der Waals surface area contributed by atoms with E-state index in [0.717, 1.165) is 35.2 Å². The summed E-state index contributed by atoms with van der Waals surface area (Å²) in [5, 5.41) is 5.05. The van der Waals surface area contributed by atoms with Crippen LogP contribution in [-0.4, -0.2) is 0 Å². The van der Waals surface area contributed by atoms with Gasteiger partial charge in [0.15, 0.2) is 0 Å². The number of para-hydroxylation sites is 3. The molecule has 512 valence electrons. The summed E-state index contributed by atoms with van der Waals surface area (Å²) in [6, 6.07) is 60.0. The van der Waals surface area contributed by atoms with E-state index in [1.165, 1.54) is 283 Å². The van der Waals surface area contributed by atoms with Gasteiger partial charge in [-0.25, -0.2) is 0 Å². The van der Waals surface area contributed by atoms with Gasteiger partial charge in [0.1, 0.15) is 22.3 Å². The Kier molecular flexibility index (Phi) is 18.8. The lowest BCUT2D eigenvalue weighted by Gasteiger charge is -2.35. The van der Waals surface area contributed by atoms with Crippen molar-refractivity contribution in [3.8, 4) is 44.5 Å². The first-order valence-corrected chi connectivity index (χ1v) is 39.7. The number of anilines is 3. The number of nitrogens with zero attached hydrogens (tertiary/aromatic N) is 1. The predicted molar refractivity (Wildman–Crippen MR) is 425 cm³/mol. The van der Waals surface area contributed by atoms with E-state index in [1.807, 2.05) is 0 Å². The zero-order chi connectivity index (χ0) is 68.2. The molecule has 0 bridgehead atoms. The zero-order valence-electron chi connectivity index (χ0n) is 62.0. The fourth-order valence-corrected chi connectivity index (χ4v) is 20.3. The molecule has 3 nitrogen and oxygen atoms in total. The molecule has 0 fully saturated rings. The molecule has 11 aromatic rings. The molecule has 3 heteroatoms. The van der Waals surface area contributed by atoms with Crippen molar-refractivity contribution in [2.24, 2.45) is 0 Å². The summed E-state index contributed by atoms with van der Waals surface area (Å²) in [5.41, 5.74) is 32.6. The Morgan fingerprint density at radius 3 is 1.35 bits per heavy atom. The Hall–Kier alpha value is -7.62. The molecule has 2 heterocycles. The van der Waals surface area contributed by atoms with Crippen molar-refractivity contribution in [3.05, 3.63) is 207 Å². The summed E-state index contributed by atoms with van der Waals surface area (Å²) in [5.74, 6) is 0. The molecule has 9 aromatic carbocycles. The predicted octanol–water partition coefficient (Wildman–Crippen LogP) is 29.7. The average Bonchev–Trinajstić information content (AvgIpc) is 1.51. The molecular formula is C96H111NO2. The highest BCUT2D eigenvalue weighted by atomic mass is 16.3. The second-order valence-electron chi connectivity index (χ2n) is 32.3. The number of rotatable bonds is 31. The van der Waals surface area contributed by atoms with Crippen LogP contribution in [-0.2, 0) is 21.7 Å². The van der Waals surface area contributed by atoms with E-state index >= 15 is 0 Å². The van der Waals surface area contributed by atoms with Gasteiger partial charge in [-0.2, -0.15) is 0 Å². The summed E-state index contributed by atoms with van der Waals surface area (Å²) in [6.07, 6.45) is 35.7. The van der Waals surface area contributed by atoms with Crippen molar-refractivity contribution in [1.29, 1.82) is 0 Å². The summed E-state index contributed by atoms with van der Waals surface area (Å²) in [6.45, 7) is 24.1. The highest BCUT2D eigenvalue weighted by Crippen LogP contribution is 2.66. The fourth-order valence-electron chi connectivity index (χ4n) is 20.3. The Labute approximate surface area is 593 Å². The van der Waals surface area contributed by atoms with Crippen LogP contribution in [0.1, 0.15) is 291 Å². The van der Waals surface area contributed by atoms with Gasteiger partial charge in [-0.1, -0.05) is 307 Å². The largest absolute Gasteiger partial charge is 0.456 e. The van der Waals surface area contributed by atoms with Crippen molar-refractivity contribution in [1.82, 2.24) is 0 Å². The Morgan fingerprint density at radius 2 is 0.758 bits per heavy atom. The molecule has 0 amide bonds. The lowest BCUT2D eigenvalue weighted by Crippen LogP contribution is -2.27. The van der Waals surface area contributed by atoms with E-state index in [4.69, 9.17) is 8.83 Å². The summed E-state index contributed by atoms with van der Waals surface area (Å²) >= 11 is 0. The van der Waals surface area contributed by atoms with E-state index in [-0.39, 0.29) is 21.7 Å². The van der Waals surface area contributed by atoms with Gasteiger partial charge in [0.25, 0.3) is 0 Å². The molecule has 0 saturated carbocycles. The third-order valence-corrected chi connectivity index (χ3v) is 25.2. The topological polar surface area (TPSA) is 29.5 Å². The van der Waals surface area contributed by atoms with Crippen LogP contribution >= 0.6 is 0 Å². The molecule has 0 N–H and O–H groups in total. The lowest BCUT2D eigenvalue weighted by atomic mass is 9.68. The number of benzene rings is 9. The molecule has 4 aliphatic rings. The highest BCUT2D eigenvalue weighted by Gasteiger charge is 2.51. The van der Waals surface area contributed by atoms with Gasteiger partial charge in [0.2, 0.25) is 0 Å². The van der Waals surface area contributed by atoms with Crippen molar-refractivity contribution in [3.63, 3.8) is 0 Å². The smallest absolute Gasteiger partial charge is 0.144 e. The maximum Gasteiger partial charge on any atom is 0.144 e. The molecule has 0 spiro atoms. The zero-order valence-corrected chi connectivity index (χ0v) is 62.0. The molecule has 4 aliphatic carbocycles. The first kappa shape index (κ1) is 67.2. The van der Waals surface area contributed by atoms with Crippen LogP contribution in [0.15, 0.2) is 160 Å². The molecule has 2 aromatic heterocycles. The summed E-state index contributed by atoms with van der Waals surface area (Å²) in [7, 11) is 0. The number of unbranched alkanes of at least 4 members (excludes halogenated alkanes) is 20. The van der Waals surface area contributed by atoms with Crippen molar-refractivity contribution in [2.75, 3.05) is 4.90 Å². The van der Waals surface area contributed by atoms with Gasteiger partial charge in [-0.15, -0.1) is 0 Å². The molecule has 99 heavy (non-hydrogen) atoms. The highest BCUT2D eigenvalue weighted by molar-refractivity contribution is 6.21. The summed E-state index contributed by atoms with van der Waals surface area (Å²) in [4.78, 5) is 2.69. The number of fused-ring (bicyclic) bond motifs is 22. The third kappa shape index (κ3) is 11.3. The van der Waals surface area contributed by atoms with Gasteiger partial charge < -0.3 is 13.7 Å². The maximum absolute atomic E-state index is 7.23. The molecular weight excluding hydrogens is 1200 g/mol. The van der Waals surface area contributed by atoms with Crippen molar-refractivity contribution in [2.45, 2.75) is 271 Å². The molecule has 0 radical (unpaired) electrons. The van der Waals surface area contributed by atoms with E-state index in [2.05, 4.69) is 226 Å². The molecule has 0 aliphatic heterocycles. The fraction of sp³-hybridized carbons (Fsp3) is 0.438. The van der Waals surface area contributed by atoms with Gasteiger partial charge in [-0.05, 0) is 189 Å². The first-order valence-electron chi connectivity index (χ1n) is 39.7. The van der Waals surface area contributed by atoms with E-state index in [9.17, 15) is 0 Å². The van der Waals surface area contributed by atoms with Crippen molar-refractivity contribution >= 4 is 60.9 Å². The van der Waals surface area contributed by atoms with Crippen LogP contribution in [0.4, 0.5) is 17.1 Å². The van der Waals surface area contributed by atoms with Gasteiger partial charge in [0.05, 0.1) is 5.69 Å². The quantitative estimate of drug-likeness (QED) is 0.0406. The number of hydrogen-bond acceptors (Lipinski definition) is 3. The van der Waals surface area contributed by atoms with Gasteiger partial charge in [0, 0.05) is 60.1 Å². The van der Waals surface area contributed by atoms with E-state index in [0.29, 0.717) is 0 Å². The van der Waals surface area contributed by atoms with Gasteiger partial charge >= 0.3 is 0 Å². The molecule has 0 saturated heterocycles. The van der Waals surface area contributed by atoms with Crippen LogP contribution in [0.3, 0.4) is 0 Å². The average molecular weight is 1310 g/mol. The number of hydrogen-bond donors (Lipinski definition) is 0. The Bertz CT molecular complexity index is 4750. The molecule has 0 atom stereocenters. The second kappa shape index (κ2) is 27.7. The van der Waals surface area contributed by atoms with Crippen LogP contribution in [0.5, 0.6) is 0 Å². The number of furan rings is 2. The molecule has 15 rings (SSSR count). The van der Waals surface area contributed by atoms with Crippen molar-refractivity contribution < 1.29 is 8.83 Å². The monoisotopic (exact) mass is 1310 g/mol. The van der Waals surface area contributed by atoms with Crippen LogP contribution < -0.4 is 4.90 Å². The second-order valence-corrected chi connectivity index (χ2v) is 32.3. The lowest BCUT2D eigenvalue weighted by molar-refractivity contribution is 0.394. The van der Waals surface area contributed by atoms with E-state index in [1.54, 1.807) is 22.3 Å². The normalized spacial score (nSPS) is 15.2. The maximum atomic E-state index is 7.23. The standard InChI is InChI=1S/C96H111NO2/c1-11-15-19-23-27-37-56-95(57-38-28-24-20-16-12-2)76-54-55-83-85(71-45-32-35-48-81(71)98-83)84(76)74-63-79-73(62-80(74)95)68-52-50-67(61-78(68)96(79,58-39-29-25-21-17-13-3)59-40-30-26-22-18-14-4)97(91-64(5)42-41-43-65(91)6)66-51-53-70-77(60-66)94(9,10)90-88(70)92-87(72-46-33-36-49-82(72)99-92)86-69-44-31-34-47-75(69)93(7,8)89(86)90/h31-36,41-55,60-63H,11-30,37-40,56-59H2,1-10H3. The summed E-state index contributed by atoms with van der Waals surface area (Å²) < 4.78 is 14.2. The Morgan fingerprint density at radius 1 is 0.313 bits per heavy atom. The Balaban J connectivity index is 0.942. The minimum Gasteiger partial charge on any atom is -0.456 e. The van der Waals surface area contributed by atoms with E-state index < -0.39 is 0 Å². The van der Waals surface area contributed by atoms with Gasteiger partial charge in [-0.3, -0.25) is 0 Å². The number of aryl methyl sites for hydroxylation is 2. The minimum absolute atomic E-state index is 0.0954. The third-order valence-electron chi connectivity index (χ3n) is 25.2. The first-order chi connectivity index (χ1) is 48.3. The van der Waals surface area contributed by atoms with Crippen LogP contribution in [0, 0.1) is 13.8 Å². The molecule has 0 unspecified atom stereocenters. The minimum atomic E-state index is -0.348. The van der Waals surface area contributed by atoms with Crippen LogP contribution in [0.25, 0.3) is 88.4 Å². The SMILES string of the molecule is CCCCCCCCC1(CCCCCCCC)c2cc(N(c3ccc4c(c3)C(C)(C)c3c5c(c6c(oc7ccccc76)c3-4)-c3ccccc3C5(C)C)c3c(C)cccc3C)ccc2-c2cc3c(cc21)-c1c(ccc2oc4ccccc4c12)C3(CCCCCCCC)CCCCCCCC. The van der Waals surface area contributed by atoms with Crippen LogP contribution in [0.2, 0.25) is 0 Å².